The van der Waals surface area contributed by atoms with E-state index in [9.17, 15) is 14.9 Å². The average molecular weight is 305 g/mol. The van der Waals surface area contributed by atoms with E-state index in [1.807, 2.05) is 12.1 Å². The molecule has 108 valence electrons. The first kappa shape index (κ1) is 15.0. The molecule has 1 amide bonds. The monoisotopic (exact) mass is 304 g/mol. The van der Waals surface area contributed by atoms with Crippen molar-refractivity contribution in [3.8, 4) is 0 Å². The Hall–Kier alpha value is -2.40. The van der Waals surface area contributed by atoms with Crippen LogP contribution in [-0.4, -0.2) is 17.4 Å². The van der Waals surface area contributed by atoms with Crippen LogP contribution in [0, 0.1) is 10.1 Å². The highest BCUT2D eigenvalue weighted by atomic mass is 35.5. The van der Waals surface area contributed by atoms with Crippen molar-refractivity contribution >= 4 is 23.2 Å². The highest BCUT2D eigenvalue weighted by molar-refractivity contribution is 6.30. The highest BCUT2D eigenvalue weighted by Gasteiger charge is 2.10. The second kappa shape index (κ2) is 6.85. The summed E-state index contributed by atoms with van der Waals surface area (Å²) in [6, 6.07) is 13.0. The first-order valence-corrected chi connectivity index (χ1v) is 6.71. The summed E-state index contributed by atoms with van der Waals surface area (Å²) < 4.78 is 0. The van der Waals surface area contributed by atoms with Gasteiger partial charge in [-0.15, -0.1) is 0 Å². The molecule has 0 unspecified atom stereocenters. The third-order valence-electron chi connectivity index (χ3n) is 2.93. The van der Waals surface area contributed by atoms with Gasteiger partial charge in [-0.2, -0.15) is 0 Å². The number of rotatable bonds is 5. The van der Waals surface area contributed by atoms with E-state index < -0.39 is 4.92 Å². The molecule has 0 radical (unpaired) electrons. The van der Waals surface area contributed by atoms with Gasteiger partial charge in [-0.1, -0.05) is 29.8 Å². The Labute approximate surface area is 126 Å². The van der Waals surface area contributed by atoms with Crippen LogP contribution in [0.3, 0.4) is 0 Å². The molecule has 0 saturated heterocycles. The zero-order valence-corrected chi connectivity index (χ0v) is 11.8. The van der Waals surface area contributed by atoms with Gasteiger partial charge in [-0.25, -0.2) is 0 Å². The molecule has 21 heavy (non-hydrogen) atoms. The van der Waals surface area contributed by atoms with Gasteiger partial charge in [-0.05, 0) is 30.2 Å². The molecule has 0 fully saturated rings. The lowest BCUT2D eigenvalue weighted by atomic mass is 10.1. The number of amides is 1. The fourth-order valence-electron chi connectivity index (χ4n) is 1.83. The molecule has 2 rings (SSSR count). The van der Waals surface area contributed by atoms with Crippen molar-refractivity contribution in [3.63, 3.8) is 0 Å². The Morgan fingerprint density at radius 3 is 2.57 bits per heavy atom. The number of nitro groups is 1. The Balaban J connectivity index is 1.91. The molecule has 2 aromatic carbocycles. The molecule has 2 aromatic rings. The van der Waals surface area contributed by atoms with Crippen molar-refractivity contribution in [1.29, 1.82) is 0 Å². The molecule has 6 heteroatoms. The number of halogens is 1. The number of nitrogens with zero attached hydrogens (tertiary/aromatic N) is 1. The topological polar surface area (TPSA) is 72.2 Å². The van der Waals surface area contributed by atoms with Crippen molar-refractivity contribution in [2.75, 3.05) is 6.54 Å². The van der Waals surface area contributed by atoms with Crippen molar-refractivity contribution in [2.24, 2.45) is 0 Å². The van der Waals surface area contributed by atoms with E-state index in [0.717, 1.165) is 5.56 Å². The van der Waals surface area contributed by atoms with Crippen LogP contribution in [-0.2, 0) is 6.42 Å². The lowest BCUT2D eigenvalue weighted by molar-refractivity contribution is -0.384. The normalized spacial score (nSPS) is 10.1. The first-order chi connectivity index (χ1) is 10.1. The second-order valence-corrected chi connectivity index (χ2v) is 4.88. The molecular formula is C15H13ClN2O3. The summed E-state index contributed by atoms with van der Waals surface area (Å²) in [6.07, 6.45) is 0.665. The van der Waals surface area contributed by atoms with Gasteiger partial charge >= 0.3 is 0 Å². The molecule has 5 nitrogen and oxygen atoms in total. The number of nitro benzene ring substituents is 1. The highest BCUT2D eigenvalue weighted by Crippen LogP contribution is 2.13. The molecule has 0 aliphatic carbocycles. The van der Waals surface area contributed by atoms with Crippen LogP contribution in [0.2, 0.25) is 5.02 Å². The van der Waals surface area contributed by atoms with Gasteiger partial charge in [0.2, 0.25) is 0 Å². The van der Waals surface area contributed by atoms with Crippen LogP contribution in [0.15, 0.2) is 48.5 Å². The Morgan fingerprint density at radius 2 is 1.90 bits per heavy atom. The molecule has 0 bridgehead atoms. The quantitative estimate of drug-likeness (QED) is 0.681. The fraction of sp³-hybridized carbons (Fsp3) is 0.133. The summed E-state index contributed by atoms with van der Waals surface area (Å²) in [7, 11) is 0. The summed E-state index contributed by atoms with van der Waals surface area (Å²) in [5.74, 6) is -0.326. The minimum atomic E-state index is -0.523. The lowest BCUT2D eigenvalue weighted by Crippen LogP contribution is -2.25. The zero-order valence-electron chi connectivity index (χ0n) is 11.1. The van der Waals surface area contributed by atoms with Crippen LogP contribution in [0.4, 0.5) is 5.69 Å². The maximum atomic E-state index is 11.9. The van der Waals surface area contributed by atoms with Gasteiger partial charge in [0.15, 0.2) is 0 Å². The number of non-ortho nitro benzene ring substituents is 1. The molecule has 0 aromatic heterocycles. The van der Waals surface area contributed by atoms with Gasteiger partial charge in [0.25, 0.3) is 11.6 Å². The zero-order chi connectivity index (χ0) is 15.2. The van der Waals surface area contributed by atoms with E-state index in [1.165, 1.54) is 18.2 Å². The molecule has 0 saturated carbocycles. The van der Waals surface area contributed by atoms with E-state index in [0.29, 0.717) is 18.0 Å². The SMILES string of the molecule is O=C(NCCc1ccc(Cl)cc1)c1cccc([N+](=O)[O-])c1. The number of hydrogen-bond donors (Lipinski definition) is 1. The van der Waals surface area contributed by atoms with Crippen molar-refractivity contribution in [3.05, 3.63) is 74.8 Å². The van der Waals surface area contributed by atoms with Crippen molar-refractivity contribution in [1.82, 2.24) is 5.32 Å². The summed E-state index contributed by atoms with van der Waals surface area (Å²) in [4.78, 5) is 22.1. The van der Waals surface area contributed by atoms with E-state index >= 15 is 0 Å². The lowest BCUT2D eigenvalue weighted by Gasteiger charge is -2.05. The maximum Gasteiger partial charge on any atom is 0.270 e. The van der Waals surface area contributed by atoms with Crippen molar-refractivity contribution in [2.45, 2.75) is 6.42 Å². The van der Waals surface area contributed by atoms with Gasteiger partial charge in [0, 0.05) is 29.3 Å². The maximum absolute atomic E-state index is 11.9. The minimum absolute atomic E-state index is 0.0969. The van der Waals surface area contributed by atoms with E-state index in [4.69, 9.17) is 11.6 Å². The largest absolute Gasteiger partial charge is 0.352 e. The molecule has 1 N–H and O–H groups in total. The molecule has 0 heterocycles. The number of carbonyl (C=O) groups excluding carboxylic acids is 1. The van der Waals surface area contributed by atoms with E-state index in [1.54, 1.807) is 18.2 Å². The fourth-order valence-corrected chi connectivity index (χ4v) is 1.96. The first-order valence-electron chi connectivity index (χ1n) is 6.33. The summed E-state index contributed by atoms with van der Waals surface area (Å²) in [5.41, 5.74) is 1.24. The van der Waals surface area contributed by atoms with Gasteiger partial charge in [-0.3, -0.25) is 14.9 Å². The van der Waals surface area contributed by atoms with Crippen LogP contribution in [0.1, 0.15) is 15.9 Å². The second-order valence-electron chi connectivity index (χ2n) is 4.44. The third-order valence-corrected chi connectivity index (χ3v) is 3.18. The standard InChI is InChI=1S/C15H13ClN2O3/c16-13-6-4-11(5-7-13)8-9-17-15(19)12-2-1-3-14(10-12)18(20)21/h1-7,10H,8-9H2,(H,17,19). The molecule has 0 spiro atoms. The van der Waals surface area contributed by atoms with Gasteiger partial charge in [0.05, 0.1) is 4.92 Å². The molecular weight excluding hydrogens is 292 g/mol. The van der Waals surface area contributed by atoms with Gasteiger partial charge in [0.1, 0.15) is 0 Å². The van der Waals surface area contributed by atoms with Crippen molar-refractivity contribution < 1.29 is 9.72 Å². The molecule has 0 aliphatic rings. The Kier molecular flexibility index (Phi) is 4.90. The number of nitrogens with one attached hydrogen (secondary N) is 1. The van der Waals surface area contributed by atoms with E-state index in [-0.39, 0.29) is 17.2 Å². The smallest absolute Gasteiger partial charge is 0.270 e. The predicted molar refractivity (Wildman–Crippen MR) is 80.6 cm³/mol. The number of carbonyl (C=O) groups is 1. The van der Waals surface area contributed by atoms with E-state index in [2.05, 4.69) is 5.32 Å². The molecule has 0 aliphatic heterocycles. The third kappa shape index (κ3) is 4.29. The van der Waals surface area contributed by atoms with Crippen LogP contribution in [0.25, 0.3) is 0 Å². The Bertz CT molecular complexity index is 656. The van der Waals surface area contributed by atoms with Crippen LogP contribution < -0.4 is 5.32 Å². The van der Waals surface area contributed by atoms with Gasteiger partial charge < -0.3 is 5.32 Å². The number of hydrogen-bond acceptors (Lipinski definition) is 3. The van der Waals surface area contributed by atoms with Crippen LogP contribution >= 0.6 is 11.6 Å². The molecule has 0 atom stereocenters. The summed E-state index contributed by atoms with van der Waals surface area (Å²) in [5, 5.41) is 14.1. The summed E-state index contributed by atoms with van der Waals surface area (Å²) in [6.45, 7) is 0.448. The Morgan fingerprint density at radius 1 is 1.19 bits per heavy atom. The van der Waals surface area contributed by atoms with Crippen LogP contribution in [0.5, 0.6) is 0 Å². The summed E-state index contributed by atoms with van der Waals surface area (Å²) >= 11 is 5.79. The number of benzene rings is 2. The minimum Gasteiger partial charge on any atom is -0.352 e. The predicted octanol–water partition coefficient (Wildman–Crippen LogP) is 3.22. The average Bonchev–Trinajstić information content (AvgIpc) is 2.49.